The fourth-order valence-corrected chi connectivity index (χ4v) is 0.902. The molecule has 1 aromatic carbocycles. The van der Waals surface area contributed by atoms with Gasteiger partial charge in [-0.05, 0) is 12.1 Å². The van der Waals surface area contributed by atoms with Gasteiger partial charge in [-0.15, -0.1) is 0 Å². The maximum Gasteiger partial charge on any atom is 0.188 e. The summed E-state index contributed by atoms with van der Waals surface area (Å²) < 4.78 is 22.6. The molecule has 1 aromatic rings. The van der Waals surface area contributed by atoms with Crippen LogP contribution in [-0.2, 0) is 4.74 Å². The van der Waals surface area contributed by atoms with Crippen molar-refractivity contribution in [3.63, 3.8) is 0 Å². The van der Waals surface area contributed by atoms with Crippen molar-refractivity contribution in [3.8, 4) is 5.75 Å². The fourth-order valence-electron chi connectivity index (χ4n) is 0.902. The average molecular weight is 199 g/mol. The van der Waals surface area contributed by atoms with Gasteiger partial charge in [0.15, 0.2) is 18.4 Å². The van der Waals surface area contributed by atoms with Crippen molar-refractivity contribution in [1.29, 1.82) is 0 Å². The van der Waals surface area contributed by atoms with Crippen molar-refractivity contribution in [2.75, 3.05) is 13.9 Å². The van der Waals surface area contributed by atoms with Crippen LogP contribution in [0.15, 0.2) is 18.2 Å². The van der Waals surface area contributed by atoms with Crippen LogP contribution in [0.5, 0.6) is 5.75 Å². The van der Waals surface area contributed by atoms with Crippen molar-refractivity contribution >= 4 is 5.97 Å². The Balaban J connectivity index is 2.95. The SMILES string of the molecule is COCOc1cccc(C(=O)[O-])c1F. The first kappa shape index (κ1) is 10.5. The molecule has 1 rings (SSSR count). The molecule has 0 aliphatic heterocycles. The van der Waals surface area contributed by atoms with Gasteiger partial charge >= 0.3 is 0 Å². The quantitative estimate of drug-likeness (QED) is 0.648. The molecule has 0 radical (unpaired) electrons. The minimum atomic E-state index is -1.58. The molecule has 4 nitrogen and oxygen atoms in total. The summed E-state index contributed by atoms with van der Waals surface area (Å²) in [6.45, 7) is -0.145. The Morgan fingerprint density at radius 2 is 2.29 bits per heavy atom. The van der Waals surface area contributed by atoms with Gasteiger partial charge in [-0.3, -0.25) is 0 Å². The van der Waals surface area contributed by atoms with Crippen LogP contribution in [0, 0.1) is 5.82 Å². The zero-order valence-electron chi connectivity index (χ0n) is 7.45. The first-order chi connectivity index (χ1) is 6.66. The van der Waals surface area contributed by atoms with E-state index in [1.54, 1.807) is 0 Å². The zero-order valence-corrected chi connectivity index (χ0v) is 7.45. The lowest BCUT2D eigenvalue weighted by Crippen LogP contribution is -2.23. The molecule has 0 saturated carbocycles. The molecule has 0 atom stereocenters. The molecule has 0 amide bonds. The maximum absolute atomic E-state index is 13.2. The van der Waals surface area contributed by atoms with E-state index in [2.05, 4.69) is 4.74 Å². The van der Waals surface area contributed by atoms with Crippen LogP contribution in [0.3, 0.4) is 0 Å². The number of benzene rings is 1. The van der Waals surface area contributed by atoms with Crippen molar-refractivity contribution in [3.05, 3.63) is 29.6 Å². The second-order valence-electron chi connectivity index (χ2n) is 2.46. The van der Waals surface area contributed by atoms with Crippen LogP contribution in [-0.4, -0.2) is 19.9 Å². The largest absolute Gasteiger partial charge is 0.545 e. The van der Waals surface area contributed by atoms with Gasteiger partial charge in [-0.1, -0.05) is 6.07 Å². The Hall–Kier alpha value is -1.62. The van der Waals surface area contributed by atoms with Crippen LogP contribution in [0.2, 0.25) is 0 Å². The molecule has 0 heterocycles. The van der Waals surface area contributed by atoms with E-state index >= 15 is 0 Å². The Labute approximate surface area is 79.9 Å². The Bertz CT molecular complexity index is 338. The number of aromatic carboxylic acids is 1. The van der Waals surface area contributed by atoms with E-state index < -0.39 is 17.3 Å². The third kappa shape index (κ3) is 2.20. The Morgan fingerprint density at radius 1 is 1.57 bits per heavy atom. The molecular weight excluding hydrogens is 191 g/mol. The highest BCUT2D eigenvalue weighted by Crippen LogP contribution is 2.19. The molecule has 0 unspecified atom stereocenters. The van der Waals surface area contributed by atoms with Crippen molar-refractivity contribution in [1.82, 2.24) is 0 Å². The lowest BCUT2D eigenvalue weighted by atomic mass is 10.2. The van der Waals surface area contributed by atoms with Gasteiger partial charge in [0.05, 0.1) is 5.97 Å². The highest BCUT2D eigenvalue weighted by atomic mass is 19.1. The highest BCUT2D eigenvalue weighted by molar-refractivity contribution is 5.86. The van der Waals surface area contributed by atoms with Gasteiger partial charge in [0, 0.05) is 12.7 Å². The van der Waals surface area contributed by atoms with Gasteiger partial charge < -0.3 is 19.4 Å². The third-order valence-electron chi connectivity index (χ3n) is 1.52. The molecular formula is C9H8FO4-. The number of ether oxygens (including phenoxy) is 2. The first-order valence-electron chi connectivity index (χ1n) is 3.78. The van der Waals surface area contributed by atoms with Crippen molar-refractivity contribution in [2.45, 2.75) is 0 Å². The summed E-state index contributed by atoms with van der Waals surface area (Å²) in [5.74, 6) is -2.71. The van der Waals surface area contributed by atoms with E-state index in [4.69, 9.17) is 4.74 Å². The van der Waals surface area contributed by atoms with E-state index in [0.29, 0.717) is 0 Å². The number of carbonyl (C=O) groups is 1. The molecule has 0 fully saturated rings. The number of hydrogen-bond donors (Lipinski definition) is 0. The molecule has 14 heavy (non-hydrogen) atoms. The summed E-state index contributed by atoms with van der Waals surface area (Å²) in [4.78, 5) is 10.4. The number of carbonyl (C=O) groups excluding carboxylic acids is 1. The molecule has 76 valence electrons. The maximum atomic E-state index is 13.2. The summed E-state index contributed by atoms with van der Waals surface area (Å²) in [6.07, 6.45) is 0. The van der Waals surface area contributed by atoms with E-state index in [1.165, 1.54) is 19.2 Å². The number of halogens is 1. The Kier molecular flexibility index (Phi) is 3.41. The van der Waals surface area contributed by atoms with Crippen LogP contribution in [0.4, 0.5) is 4.39 Å². The summed E-state index contributed by atoms with van der Waals surface area (Å²) in [5.41, 5.74) is -0.529. The number of carboxylic acid groups (broad SMARTS) is 1. The van der Waals surface area contributed by atoms with Crippen LogP contribution >= 0.6 is 0 Å². The summed E-state index contributed by atoms with van der Waals surface area (Å²) in [6, 6.07) is 3.77. The molecule has 5 heteroatoms. The molecule has 0 spiro atoms. The van der Waals surface area contributed by atoms with Gasteiger partial charge in [-0.2, -0.15) is 0 Å². The third-order valence-corrected chi connectivity index (χ3v) is 1.52. The van der Waals surface area contributed by atoms with Gasteiger partial charge in [-0.25, -0.2) is 4.39 Å². The summed E-state index contributed by atoms with van der Waals surface area (Å²) in [5, 5.41) is 10.4. The van der Waals surface area contributed by atoms with Crippen LogP contribution < -0.4 is 9.84 Å². The normalized spacial score (nSPS) is 9.86. The van der Waals surface area contributed by atoms with E-state index in [0.717, 1.165) is 6.07 Å². The molecule has 0 N–H and O–H groups in total. The van der Waals surface area contributed by atoms with E-state index in [-0.39, 0.29) is 12.5 Å². The minimum absolute atomic E-state index is 0.145. The fraction of sp³-hybridized carbons (Fsp3) is 0.222. The molecule has 0 aromatic heterocycles. The smallest absolute Gasteiger partial charge is 0.188 e. The van der Waals surface area contributed by atoms with Gasteiger partial charge in [0.25, 0.3) is 0 Å². The molecule has 0 bridgehead atoms. The van der Waals surface area contributed by atoms with Gasteiger partial charge in [0.1, 0.15) is 0 Å². The predicted octanol–water partition coefficient (Wildman–Crippen LogP) is 0.172. The second-order valence-corrected chi connectivity index (χ2v) is 2.46. The number of hydrogen-bond acceptors (Lipinski definition) is 4. The highest BCUT2D eigenvalue weighted by Gasteiger charge is 2.09. The topological polar surface area (TPSA) is 58.6 Å². The van der Waals surface area contributed by atoms with Crippen LogP contribution in [0.1, 0.15) is 10.4 Å². The molecule has 0 saturated heterocycles. The average Bonchev–Trinajstić information content (AvgIpc) is 2.16. The van der Waals surface area contributed by atoms with Crippen molar-refractivity contribution in [2.24, 2.45) is 0 Å². The summed E-state index contributed by atoms with van der Waals surface area (Å²) in [7, 11) is 1.38. The van der Waals surface area contributed by atoms with Crippen LogP contribution in [0.25, 0.3) is 0 Å². The predicted molar refractivity (Wildman–Crippen MR) is 43.2 cm³/mol. The Morgan fingerprint density at radius 3 is 2.86 bits per heavy atom. The van der Waals surface area contributed by atoms with Gasteiger partial charge in [0.2, 0.25) is 0 Å². The first-order valence-corrected chi connectivity index (χ1v) is 3.78. The van der Waals surface area contributed by atoms with Crippen molar-refractivity contribution < 1.29 is 23.8 Å². The van der Waals surface area contributed by atoms with E-state index in [1.807, 2.05) is 0 Å². The monoisotopic (exact) mass is 199 g/mol. The lowest BCUT2D eigenvalue weighted by molar-refractivity contribution is -0.255. The second kappa shape index (κ2) is 4.57. The number of carboxylic acids is 1. The standard InChI is InChI=1S/C9H9FO4/c1-13-5-14-7-4-2-3-6(8(7)10)9(11)12/h2-4H,5H2,1H3,(H,11,12)/p-1. The zero-order chi connectivity index (χ0) is 10.6. The molecule has 0 aliphatic carbocycles. The minimum Gasteiger partial charge on any atom is -0.545 e. The van der Waals surface area contributed by atoms with E-state index in [9.17, 15) is 14.3 Å². The molecule has 0 aliphatic rings. The number of rotatable bonds is 4. The lowest BCUT2D eigenvalue weighted by Gasteiger charge is -2.09. The number of methoxy groups -OCH3 is 1. The summed E-state index contributed by atoms with van der Waals surface area (Å²) >= 11 is 0.